The lowest BCUT2D eigenvalue weighted by atomic mass is 10.1. The van der Waals surface area contributed by atoms with Gasteiger partial charge in [0, 0.05) is 17.9 Å². The summed E-state index contributed by atoms with van der Waals surface area (Å²) in [5.74, 6) is -0.130. The zero-order valence-electron chi connectivity index (χ0n) is 12.8. The molecule has 5 nitrogen and oxygen atoms in total. The molecule has 1 amide bonds. The van der Waals surface area contributed by atoms with Gasteiger partial charge in [0.05, 0.1) is 11.8 Å². The van der Waals surface area contributed by atoms with Crippen LogP contribution < -0.4 is 11.1 Å². The summed E-state index contributed by atoms with van der Waals surface area (Å²) < 4.78 is 1.82. The average Bonchev–Trinajstić information content (AvgIpc) is 2.82. The number of nitrogens with two attached hydrogens (primary N) is 1. The van der Waals surface area contributed by atoms with Crippen LogP contribution in [0.5, 0.6) is 0 Å². The number of nitrogens with one attached hydrogen (secondary N) is 1. The number of anilines is 1. The van der Waals surface area contributed by atoms with Crippen molar-refractivity contribution in [3.63, 3.8) is 0 Å². The van der Waals surface area contributed by atoms with Gasteiger partial charge in [0.2, 0.25) is 0 Å². The monoisotopic (exact) mass is 286 g/mol. The van der Waals surface area contributed by atoms with Crippen LogP contribution in [-0.2, 0) is 6.54 Å². The Bertz CT molecular complexity index is 646. The summed E-state index contributed by atoms with van der Waals surface area (Å²) in [5, 5.41) is 7.17. The highest BCUT2D eigenvalue weighted by atomic mass is 16.1. The van der Waals surface area contributed by atoms with Gasteiger partial charge in [-0.05, 0) is 57.0 Å². The van der Waals surface area contributed by atoms with Crippen LogP contribution in [0.2, 0.25) is 0 Å². The first kappa shape index (κ1) is 15.3. The van der Waals surface area contributed by atoms with Gasteiger partial charge in [-0.3, -0.25) is 9.48 Å². The quantitative estimate of drug-likeness (QED) is 0.886. The van der Waals surface area contributed by atoms with Gasteiger partial charge >= 0.3 is 0 Å². The van der Waals surface area contributed by atoms with E-state index in [9.17, 15) is 4.79 Å². The van der Waals surface area contributed by atoms with Crippen molar-refractivity contribution in [2.24, 2.45) is 5.73 Å². The fourth-order valence-corrected chi connectivity index (χ4v) is 2.15. The molecule has 1 heterocycles. The van der Waals surface area contributed by atoms with E-state index in [1.807, 2.05) is 43.7 Å². The molecule has 0 aliphatic heterocycles. The van der Waals surface area contributed by atoms with Crippen molar-refractivity contribution in [3.05, 3.63) is 46.8 Å². The minimum absolute atomic E-state index is 0.130. The largest absolute Gasteiger partial charge is 0.330 e. The first-order valence-corrected chi connectivity index (χ1v) is 7.14. The van der Waals surface area contributed by atoms with Crippen LogP contribution >= 0.6 is 0 Å². The molecule has 1 aromatic carbocycles. The number of aryl methyl sites for hydroxylation is 3. The number of aromatic nitrogens is 2. The van der Waals surface area contributed by atoms with Gasteiger partial charge in [-0.1, -0.05) is 6.07 Å². The molecule has 0 bridgehead atoms. The zero-order chi connectivity index (χ0) is 15.4. The van der Waals surface area contributed by atoms with Crippen LogP contribution in [-0.4, -0.2) is 22.2 Å². The Kier molecular flexibility index (Phi) is 4.75. The van der Waals surface area contributed by atoms with Crippen molar-refractivity contribution in [1.82, 2.24) is 9.78 Å². The van der Waals surface area contributed by atoms with Crippen molar-refractivity contribution in [1.29, 1.82) is 0 Å². The molecule has 0 atom stereocenters. The Balaban J connectivity index is 2.13. The SMILES string of the molecule is Cc1ccc(NC(=O)c2cnn(CCCN)c2C)cc1C. The second-order valence-corrected chi connectivity index (χ2v) is 5.26. The number of hydrogen-bond acceptors (Lipinski definition) is 3. The van der Waals surface area contributed by atoms with Gasteiger partial charge in [-0.15, -0.1) is 0 Å². The molecule has 0 aliphatic carbocycles. The van der Waals surface area contributed by atoms with Crippen LogP contribution in [0.15, 0.2) is 24.4 Å². The Morgan fingerprint density at radius 1 is 1.29 bits per heavy atom. The van der Waals surface area contributed by atoms with E-state index in [0.717, 1.165) is 29.9 Å². The number of amides is 1. The van der Waals surface area contributed by atoms with Crippen LogP contribution in [0.1, 0.15) is 33.6 Å². The molecule has 2 aromatic rings. The van der Waals surface area contributed by atoms with Crippen LogP contribution in [0, 0.1) is 20.8 Å². The Morgan fingerprint density at radius 3 is 2.71 bits per heavy atom. The van der Waals surface area contributed by atoms with E-state index < -0.39 is 0 Å². The summed E-state index contributed by atoms with van der Waals surface area (Å²) in [6, 6.07) is 5.89. The normalized spacial score (nSPS) is 10.7. The van der Waals surface area contributed by atoms with Gasteiger partial charge in [0.1, 0.15) is 0 Å². The predicted molar refractivity (Wildman–Crippen MR) is 84.5 cm³/mol. The van der Waals surface area contributed by atoms with E-state index in [1.54, 1.807) is 6.20 Å². The molecular formula is C16H22N4O. The van der Waals surface area contributed by atoms with Gasteiger partial charge in [0.15, 0.2) is 0 Å². The predicted octanol–water partition coefficient (Wildman–Crippen LogP) is 2.41. The maximum absolute atomic E-state index is 12.3. The Morgan fingerprint density at radius 2 is 2.05 bits per heavy atom. The fraction of sp³-hybridized carbons (Fsp3) is 0.375. The zero-order valence-corrected chi connectivity index (χ0v) is 12.8. The minimum atomic E-state index is -0.130. The van der Waals surface area contributed by atoms with E-state index >= 15 is 0 Å². The third kappa shape index (κ3) is 3.49. The average molecular weight is 286 g/mol. The molecule has 21 heavy (non-hydrogen) atoms. The molecule has 0 aliphatic rings. The van der Waals surface area contributed by atoms with Gasteiger partial charge < -0.3 is 11.1 Å². The first-order chi connectivity index (χ1) is 10.0. The lowest BCUT2D eigenvalue weighted by Gasteiger charge is -2.08. The summed E-state index contributed by atoms with van der Waals surface area (Å²) in [7, 11) is 0. The third-order valence-electron chi connectivity index (χ3n) is 3.69. The molecule has 1 aromatic heterocycles. The molecule has 0 radical (unpaired) electrons. The summed E-state index contributed by atoms with van der Waals surface area (Å²) >= 11 is 0. The van der Waals surface area contributed by atoms with E-state index in [0.29, 0.717) is 12.1 Å². The number of nitrogens with zero attached hydrogens (tertiary/aromatic N) is 2. The summed E-state index contributed by atoms with van der Waals surface area (Å²) in [5.41, 5.74) is 10.1. The van der Waals surface area contributed by atoms with Gasteiger partial charge in [-0.2, -0.15) is 5.10 Å². The summed E-state index contributed by atoms with van der Waals surface area (Å²) in [6.07, 6.45) is 2.46. The number of carbonyl (C=O) groups excluding carboxylic acids is 1. The van der Waals surface area contributed by atoms with E-state index in [-0.39, 0.29) is 5.91 Å². The molecule has 112 valence electrons. The maximum Gasteiger partial charge on any atom is 0.259 e. The van der Waals surface area contributed by atoms with E-state index in [1.165, 1.54) is 5.56 Å². The molecule has 3 N–H and O–H groups in total. The van der Waals surface area contributed by atoms with Crippen molar-refractivity contribution in [2.45, 2.75) is 33.7 Å². The highest BCUT2D eigenvalue weighted by Crippen LogP contribution is 2.16. The van der Waals surface area contributed by atoms with Gasteiger partial charge in [0.25, 0.3) is 5.91 Å². The van der Waals surface area contributed by atoms with Crippen LogP contribution in [0.25, 0.3) is 0 Å². The van der Waals surface area contributed by atoms with Crippen molar-refractivity contribution in [2.75, 3.05) is 11.9 Å². The highest BCUT2D eigenvalue weighted by molar-refractivity contribution is 6.04. The van der Waals surface area contributed by atoms with Gasteiger partial charge in [-0.25, -0.2) is 0 Å². The number of rotatable bonds is 5. The summed E-state index contributed by atoms with van der Waals surface area (Å²) in [4.78, 5) is 12.3. The molecule has 0 saturated heterocycles. The second-order valence-electron chi connectivity index (χ2n) is 5.26. The van der Waals surface area contributed by atoms with E-state index in [2.05, 4.69) is 10.4 Å². The Hall–Kier alpha value is -2.14. The second kappa shape index (κ2) is 6.54. The van der Waals surface area contributed by atoms with Crippen molar-refractivity contribution < 1.29 is 4.79 Å². The molecular weight excluding hydrogens is 264 g/mol. The molecule has 0 unspecified atom stereocenters. The standard InChI is InChI=1S/C16H22N4O/c1-11-5-6-14(9-12(11)2)19-16(21)15-10-18-20(13(15)3)8-4-7-17/h5-6,9-10H,4,7-8,17H2,1-3H3,(H,19,21). The number of carbonyl (C=O) groups is 1. The third-order valence-corrected chi connectivity index (χ3v) is 3.69. The number of hydrogen-bond donors (Lipinski definition) is 2. The maximum atomic E-state index is 12.3. The Labute approximate surface area is 125 Å². The first-order valence-electron chi connectivity index (χ1n) is 7.14. The minimum Gasteiger partial charge on any atom is -0.330 e. The molecule has 0 spiro atoms. The molecule has 0 fully saturated rings. The smallest absolute Gasteiger partial charge is 0.259 e. The molecule has 2 rings (SSSR count). The number of benzene rings is 1. The van der Waals surface area contributed by atoms with Crippen LogP contribution in [0.3, 0.4) is 0 Å². The van der Waals surface area contributed by atoms with E-state index in [4.69, 9.17) is 5.73 Å². The summed E-state index contributed by atoms with van der Waals surface area (Å²) in [6.45, 7) is 7.33. The van der Waals surface area contributed by atoms with Crippen molar-refractivity contribution >= 4 is 11.6 Å². The fourth-order valence-electron chi connectivity index (χ4n) is 2.15. The van der Waals surface area contributed by atoms with Crippen molar-refractivity contribution in [3.8, 4) is 0 Å². The van der Waals surface area contributed by atoms with Crippen LogP contribution in [0.4, 0.5) is 5.69 Å². The lowest BCUT2D eigenvalue weighted by Crippen LogP contribution is -2.14. The lowest BCUT2D eigenvalue weighted by molar-refractivity contribution is 0.102. The molecule has 0 saturated carbocycles. The highest BCUT2D eigenvalue weighted by Gasteiger charge is 2.14. The molecule has 5 heteroatoms. The topological polar surface area (TPSA) is 72.9 Å².